The van der Waals surface area contributed by atoms with Gasteiger partial charge in [-0.25, -0.2) is 0 Å². The van der Waals surface area contributed by atoms with Crippen molar-refractivity contribution in [3.05, 3.63) is 58.0 Å². The second-order valence-electron chi connectivity index (χ2n) is 5.58. The van der Waals surface area contributed by atoms with Crippen LogP contribution in [0.4, 0.5) is 0 Å². The number of benzene rings is 1. The van der Waals surface area contributed by atoms with Crippen LogP contribution in [-0.4, -0.2) is 6.54 Å². The molecule has 1 unspecified atom stereocenters. The molecule has 0 aliphatic rings. The van der Waals surface area contributed by atoms with Crippen LogP contribution in [0, 0.1) is 27.7 Å². The van der Waals surface area contributed by atoms with E-state index in [-0.39, 0.29) is 6.04 Å². The number of rotatable bonds is 5. The highest BCUT2D eigenvalue weighted by Crippen LogP contribution is 2.31. The summed E-state index contributed by atoms with van der Waals surface area (Å²) in [5.74, 6) is 0.995. The molecular weight excluding hydrogens is 246 g/mol. The molecule has 1 aromatic carbocycles. The molecule has 0 saturated carbocycles. The lowest BCUT2D eigenvalue weighted by Gasteiger charge is -2.23. The van der Waals surface area contributed by atoms with Crippen LogP contribution in [0.1, 0.15) is 53.0 Å². The molecule has 20 heavy (non-hydrogen) atoms. The second kappa shape index (κ2) is 6.27. The molecular formula is C18H25NO. The van der Waals surface area contributed by atoms with Crippen LogP contribution >= 0.6 is 0 Å². The Labute approximate surface area is 122 Å². The Morgan fingerprint density at radius 3 is 2.25 bits per heavy atom. The van der Waals surface area contributed by atoms with Crippen LogP contribution in [0.2, 0.25) is 0 Å². The predicted octanol–water partition coefficient (Wildman–Crippen LogP) is 4.60. The lowest BCUT2D eigenvalue weighted by atomic mass is 9.88. The van der Waals surface area contributed by atoms with Crippen LogP contribution in [0.25, 0.3) is 0 Å². The average molecular weight is 271 g/mol. The van der Waals surface area contributed by atoms with Gasteiger partial charge in [0, 0.05) is 0 Å². The largest absolute Gasteiger partial charge is 0.467 e. The maximum absolute atomic E-state index is 5.67. The summed E-state index contributed by atoms with van der Waals surface area (Å²) < 4.78 is 5.67. The van der Waals surface area contributed by atoms with E-state index in [1.54, 1.807) is 6.26 Å². The van der Waals surface area contributed by atoms with Crippen LogP contribution < -0.4 is 5.32 Å². The first kappa shape index (κ1) is 14.9. The minimum atomic E-state index is 0.142. The van der Waals surface area contributed by atoms with Crippen LogP contribution in [0.15, 0.2) is 28.9 Å². The van der Waals surface area contributed by atoms with Gasteiger partial charge < -0.3 is 9.73 Å². The zero-order valence-corrected chi connectivity index (χ0v) is 13.2. The van der Waals surface area contributed by atoms with Gasteiger partial charge in [-0.1, -0.05) is 13.0 Å². The maximum atomic E-state index is 5.67. The molecule has 0 spiro atoms. The molecule has 108 valence electrons. The number of aryl methyl sites for hydroxylation is 2. The van der Waals surface area contributed by atoms with Gasteiger partial charge in [0.25, 0.3) is 0 Å². The molecule has 2 rings (SSSR count). The monoisotopic (exact) mass is 271 g/mol. The normalized spacial score (nSPS) is 12.7. The van der Waals surface area contributed by atoms with Crippen molar-refractivity contribution in [3.8, 4) is 0 Å². The summed E-state index contributed by atoms with van der Waals surface area (Å²) in [6.07, 6.45) is 2.86. The molecule has 0 amide bonds. The third-order valence-electron chi connectivity index (χ3n) is 4.14. The number of hydrogen-bond acceptors (Lipinski definition) is 2. The van der Waals surface area contributed by atoms with E-state index in [4.69, 9.17) is 4.42 Å². The highest BCUT2D eigenvalue weighted by Gasteiger charge is 2.21. The molecule has 0 fully saturated rings. The van der Waals surface area contributed by atoms with Crippen LogP contribution in [0.3, 0.4) is 0 Å². The van der Waals surface area contributed by atoms with Gasteiger partial charge >= 0.3 is 0 Å². The summed E-state index contributed by atoms with van der Waals surface area (Å²) in [4.78, 5) is 0. The number of furan rings is 1. The van der Waals surface area contributed by atoms with Gasteiger partial charge in [0.1, 0.15) is 5.76 Å². The van der Waals surface area contributed by atoms with Crippen molar-refractivity contribution in [1.82, 2.24) is 5.32 Å². The van der Waals surface area contributed by atoms with E-state index in [1.807, 2.05) is 6.07 Å². The van der Waals surface area contributed by atoms with Gasteiger partial charge in [-0.3, -0.25) is 0 Å². The highest BCUT2D eigenvalue weighted by atomic mass is 16.3. The van der Waals surface area contributed by atoms with Crippen molar-refractivity contribution >= 4 is 0 Å². The fraction of sp³-hybridized carbons (Fsp3) is 0.444. The van der Waals surface area contributed by atoms with Crippen LogP contribution in [0.5, 0.6) is 0 Å². The summed E-state index contributed by atoms with van der Waals surface area (Å²) in [5.41, 5.74) is 6.78. The third-order valence-corrected chi connectivity index (χ3v) is 4.14. The Bertz CT molecular complexity index is 543. The summed E-state index contributed by atoms with van der Waals surface area (Å²) in [5, 5.41) is 3.63. The summed E-state index contributed by atoms with van der Waals surface area (Å²) in [6.45, 7) is 12.0. The predicted molar refractivity (Wildman–Crippen MR) is 84.2 cm³/mol. The summed E-state index contributed by atoms with van der Waals surface area (Å²) >= 11 is 0. The molecule has 1 heterocycles. The Morgan fingerprint density at radius 1 is 1.10 bits per heavy atom. The van der Waals surface area contributed by atoms with Crippen molar-refractivity contribution in [2.45, 2.75) is 47.1 Å². The topological polar surface area (TPSA) is 25.2 Å². The molecule has 1 aromatic heterocycles. The van der Waals surface area contributed by atoms with E-state index in [1.165, 1.54) is 27.8 Å². The van der Waals surface area contributed by atoms with Crippen molar-refractivity contribution in [3.63, 3.8) is 0 Å². The standard InChI is InChI=1S/C18H25NO/c1-6-9-19-18(16-8-7-10-20-16)17-14(4)12(2)11-13(3)15(17)5/h7-8,10-11,18-19H,6,9H2,1-5H3. The van der Waals surface area contributed by atoms with Gasteiger partial charge in [0.2, 0.25) is 0 Å². The first-order valence-electron chi connectivity index (χ1n) is 7.40. The Hall–Kier alpha value is -1.54. The zero-order chi connectivity index (χ0) is 14.7. The molecule has 2 nitrogen and oxygen atoms in total. The van der Waals surface area contributed by atoms with E-state index >= 15 is 0 Å². The third kappa shape index (κ3) is 2.80. The molecule has 0 saturated heterocycles. The fourth-order valence-electron chi connectivity index (χ4n) is 2.77. The first-order valence-corrected chi connectivity index (χ1v) is 7.40. The van der Waals surface area contributed by atoms with Gasteiger partial charge in [0.05, 0.1) is 12.3 Å². The maximum Gasteiger partial charge on any atom is 0.125 e. The zero-order valence-electron chi connectivity index (χ0n) is 13.2. The van der Waals surface area contributed by atoms with Gasteiger partial charge in [-0.2, -0.15) is 0 Å². The van der Waals surface area contributed by atoms with Crippen molar-refractivity contribution < 1.29 is 4.42 Å². The van der Waals surface area contributed by atoms with E-state index < -0.39 is 0 Å². The van der Waals surface area contributed by atoms with E-state index in [2.05, 4.69) is 52.1 Å². The molecule has 0 aliphatic carbocycles. The summed E-state index contributed by atoms with van der Waals surface area (Å²) in [7, 11) is 0. The van der Waals surface area contributed by atoms with E-state index in [9.17, 15) is 0 Å². The molecule has 0 radical (unpaired) electrons. The van der Waals surface area contributed by atoms with E-state index in [0.29, 0.717) is 0 Å². The van der Waals surface area contributed by atoms with Crippen molar-refractivity contribution in [2.75, 3.05) is 6.54 Å². The average Bonchev–Trinajstić information content (AvgIpc) is 2.94. The minimum Gasteiger partial charge on any atom is -0.467 e. The van der Waals surface area contributed by atoms with Gasteiger partial charge in [0.15, 0.2) is 0 Å². The molecule has 2 heteroatoms. The number of hydrogen-bond donors (Lipinski definition) is 1. The molecule has 2 aromatic rings. The molecule has 0 bridgehead atoms. The first-order chi connectivity index (χ1) is 9.56. The number of nitrogens with one attached hydrogen (secondary N) is 1. The Morgan fingerprint density at radius 2 is 1.75 bits per heavy atom. The summed E-state index contributed by atoms with van der Waals surface area (Å²) in [6, 6.07) is 6.43. The minimum absolute atomic E-state index is 0.142. The van der Waals surface area contributed by atoms with Crippen LogP contribution in [-0.2, 0) is 0 Å². The van der Waals surface area contributed by atoms with Gasteiger partial charge in [-0.15, -0.1) is 0 Å². The van der Waals surface area contributed by atoms with Crippen molar-refractivity contribution in [1.29, 1.82) is 0 Å². The lowest BCUT2D eigenvalue weighted by Crippen LogP contribution is -2.25. The highest BCUT2D eigenvalue weighted by molar-refractivity contribution is 5.47. The smallest absolute Gasteiger partial charge is 0.125 e. The van der Waals surface area contributed by atoms with Gasteiger partial charge in [-0.05, 0) is 80.6 Å². The molecule has 1 atom stereocenters. The fourth-order valence-corrected chi connectivity index (χ4v) is 2.77. The Balaban J connectivity index is 2.54. The molecule has 1 N–H and O–H groups in total. The lowest BCUT2D eigenvalue weighted by molar-refractivity contribution is 0.444. The SMILES string of the molecule is CCCNC(c1ccco1)c1c(C)c(C)cc(C)c1C. The quantitative estimate of drug-likeness (QED) is 0.859. The molecule has 0 aliphatic heterocycles. The van der Waals surface area contributed by atoms with E-state index in [0.717, 1.165) is 18.7 Å². The Kier molecular flexibility index (Phi) is 4.66. The van der Waals surface area contributed by atoms with Crippen molar-refractivity contribution in [2.24, 2.45) is 0 Å². The second-order valence-corrected chi connectivity index (χ2v) is 5.58.